The highest BCUT2D eigenvalue weighted by Gasteiger charge is 2.33. The first-order valence-corrected chi connectivity index (χ1v) is 14.0. The molecule has 10 nitrogen and oxygen atoms in total. The molecule has 0 bridgehead atoms. The van der Waals surface area contributed by atoms with E-state index in [1.807, 2.05) is 0 Å². The number of benzene rings is 1. The topological polar surface area (TPSA) is 117 Å². The van der Waals surface area contributed by atoms with E-state index in [2.05, 4.69) is 26.2 Å². The van der Waals surface area contributed by atoms with Crippen LogP contribution in [0.4, 0.5) is 4.79 Å². The van der Waals surface area contributed by atoms with E-state index in [0.717, 1.165) is 3.97 Å². The van der Waals surface area contributed by atoms with Crippen LogP contribution in [-0.2, 0) is 21.7 Å². The Morgan fingerprint density at radius 2 is 1.97 bits per heavy atom. The fraction of sp³-hybridized carbons (Fsp3) is 0.400. The molecule has 0 saturated heterocycles. The summed E-state index contributed by atoms with van der Waals surface area (Å²) < 4.78 is 59.9. The van der Waals surface area contributed by atoms with Gasteiger partial charge in [-0.25, -0.2) is 27.0 Å². The Balaban J connectivity index is 1.67. The first kappa shape index (κ1) is 21.9. The summed E-state index contributed by atoms with van der Waals surface area (Å²) in [4.78, 5) is 30.4. The van der Waals surface area contributed by atoms with Crippen molar-refractivity contribution in [2.45, 2.75) is 62.6 Å². The molecule has 0 spiro atoms. The van der Waals surface area contributed by atoms with Crippen molar-refractivity contribution in [2.75, 3.05) is 0 Å². The molecule has 0 unspecified atom stereocenters. The lowest BCUT2D eigenvalue weighted by atomic mass is 10.2. The molecule has 1 aromatic carbocycles. The van der Waals surface area contributed by atoms with Gasteiger partial charge in [0.05, 0.1) is 27.5 Å². The van der Waals surface area contributed by atoms with Crippen LogP contribution in [0.1, 0.15) is 50.2 Å². The number of carbonyl (C=O) groups excluding carboxylic acids is 1. The number of pyridine rings is 1. The largest absolute Gasteiger partial charge is 0.444 e. The number of fused-ring (bicyclic) bond motifs is 3. The van der Waals surface area contributed by atoms with Crippen LogP contribution in [0.25, 0.3) is 22.1 Å². The second kappa shape index (κ2) is 9.02. The third kappa shape index (κ3) is 4.46. The molecule has 3 heterocycles. The minimum absolute atomic E-state index is 0.0427. The summed E-state index contributed by atoms with van der Waals surface area (Å²) in [5.41, 5.74) is -1.09. The van der Waals surface area contributed by atoms with E-state index < -0.39 is 40.4 Å². The van der Waals surface area contributed by atoms with Crippen molar-refractivity contribution >= 4 is 54.1 Å². The number of ether oxygens (including phenoxy) is 1. The average Bonchev–Trinajstić information content (AvgIpc) is 3.51. The molecule has 1 amide bonds. The minimum atomic E-state index is -4.06. The smallest absolute Gasteiger partial charge is 0.407 e. The highest BCUT2D eigenvalue weighted by molar-refractivity contribution is 9.10. The summed E-state index contributed by atoms with van der Waals surface area (Å²) in [7, 11) is -4.06. The highest BCUT2D eigenvalue weighted by Crippen LogP contribution is 2.37. The zero-order valence-electron chi connectivity index (χ0n) is 23.4. The van der Waals surface area contributed by atoms with E-state index >= 15 is 0 Å². The molecule has 37 heavy (non-hydrogen) atoms. The average molecular weight is 594 g/mol. The van der Waals surface area contributed by atoms with E-state index in [1.165, 1.54) is 29.1 Å². The van der Waals surface area contributed by atoms with Crippen LogP contribution < -0.4 is 11.0 Å². The summed E-state index contributed by atoms with van der Waals surface area (Å²) in [5.74, 6) is 0. The summed E-state index contributed by atoms with van der Waals surface area (Å²) in [6.45, 7) is 2.46. The Labute approximate surface area is 226 Å². The Morgan fingerprint density at radius 3 is 2.65 bits per heavy atom. The van der Waals surface area contributed by atoms with Gasteiger partial charge in [-0.2, -0.15) is 0 Å². The van der Waals surface area contributed by atoms with E-state index in [-0.39, 0.29) is 27.6 Å². The number of imidazole rings is 1. The number of carbonyl (C=O) groups is 1. The predicted octanol–water partition coefficient (Wildman–Crippen LogP) is 4.31. The number of hydrogen-bond donors (Lipinski definition) is 1. The van der Waals surface area contributed by atoms with Crippen LogP contribution >= 0.6 is 15.9 Å². The molecule has 196 valence electrons. The summed E-state index contributed by atoms with van der Waals surface area (Å²) in [6, 6.07) is 7.07. The lowest BCUT2D eigenvalue weighted by Gasteiger charge is -2.22. The Kier molecular flexibility index (Phi) is 5.34. The standard InChI is InChI=1S/C25H28BrN5O5S/c1-25(2,3)36-23(32)28-15-10-11-16(12-15)31-21-19(29(4)24(31)33)13-27-22-20(21)18(26)14-30(22)37(34,35)17-8-6-5-7-9-17/h5-9,13-16H,10-12H2,1-4H3,(H,28,32)/t15-,16-/m1/s1/i4D3. The van der Waals surface area contributed by atoms with Gasteiger partial charge in [-0.05, 0) is 68.1 Å². The van der Waals surface area contributed by atoms with Crippen LogP contribution in [-0.4, -0.2) is 44.2 Å². The van der Waals surface area contributed by atoms with Gasteiger partial charge in [-0.3, -0.25) is 9.13 Å². The van der Waals surface area contributed by atoms with E-state index in [9.17, 15) is 18.0 Å². The van der Waals surface area contributed by atoms with Crippen molar-refractivity contribution in [3.63, 3.8) is 0 Å². The maximum atomic E-state index is 13.7. The molecule has 2 atom stereocenters. The molecule has 12 heteroatoms. The molecule has 0 radical (unpaired) electrons. The van der Waals surface area contributed by atoms with Crippen LogP contribution in [0.3, 0.4) is 0 Å². The van der Waals surface area contributed by atoms with Crippen molar-refractivity contribution in [3.05, 3.63) is 57.7 Å². The second-order valence-electron chi connectivity index (χ2n) is 10.1. The molecule has 3 aromatic heterocycles. The van der Waals surface area contributed by atoms with Crippen LogP contribution in [0, 0.1) is 0 Å². The first-order valence-electron chi connectivity index (χ1n) is 13.2. The van der Waals surface area contributed by atoms with Crippen LogP contribution in [0.2, 0.25) is 0 Å². The number of alkyl carbamates (subject to hydrolysis) is 1. The number of rotatable bonds is 4. The van der Waals surface area contributed by atoms with Crippen LogP contribution in [0.15, 0.2) is 56.9 Å². The molecule has 4 aromatic rings. The third-order valence-electron chi connectivity index (χ3n) is 6.36. The van der Waals surface area contributed by atoms with Gasteiger partial charge in [-0.15, -0.1) is 0 Å². The van der Waals surface area contributed by atoms with Gasteiger partial charge in [0.25, 0.3) is 10.0 Å². The predicted molar refractivity (Wildman–Crippen MR) is 143 cm³/mol. The molecule has 1 aliphatic carbocycles. The number of halogens is 1. The van der Waals surface area contributed by atoms with E-state index in [0.29, 0.717) is 33.7 Å². The molecule has 1 fully saturated rings. The number of amides is 1. The molecule has 1 saturated carbocycles. The Morgan fingerprint density at radius 1 is 1.24 bits per heavy atom. The van der Waals surface area contributed by atoms with Crippen molar-refractivity contribution < 1.29 is 22.1 Å². The van der Waals surface area contributed by atoms with Gasteiger partial charge < -0.3 is 10.1 Å². The summed E-state index contributed by atoms with van der Waals surface area (Å²) >= 11 is 3.44. The van der Waals surface area contributed by atoms with Gasteiger partial charge in [0.1, 0.15) is 5.60 Å². The van der Waals surface area contributed by atoms with Gasteiger partial charge >= 0.3 is 11.8 Å². The van der Waals surface area contributed by atoms with E-state index in [1.54, 1.807) is 39.0 Å². The Hall–Kier alpha value is -3.12. The zero-order valence-corrected chi connectivity index (χ0v) is 22.8. The molecular weight excluding hydrogens is 562 g/mol. The van der Waals surface area contributed by atoms with Gasteiger partial charge in [-0.1, -0.05) is 18.2 Å². The lowest BCUT2D eigenvalue weighted by molar-refractivity contribution is 0.0504. The molecule has 0 aliphatic heterocycles. The molecule has 1 N–H and O–H groups in total. The lowest BCUT2D eigenvalue weighted by Crippen LogP contribution is -2.38. The highest BCUT2D eigenvalue weighted by atomic mass is 79.9. The monoisotopic (exact) mass is 592 g/mol. The number of aryl methyl sites for hydroxylation is 1. The third-order valence-corrected chi connectivity index (χ3v) is 8.63. The maximum absolute atomic E-state index is 13.7. The van der Waals surface area contributed by atoms with Gasteiger partial charge in [0.15, 0.2) is 5.65 Å². The molecule has 5 rings (SSSR count). The normalized spacial score (nSPS) is 20.1. The molecule has 1 aliphatic rings. The van der Waals surface area contributed by atoms with Crippen LogP contribution in [0.5, 0.6) is 0 Å². The number of nitrogens with zero attached hydrogens (tertiary/aromatic N) is 4. The van der Waals surface area contributed by atoms with Crippen molar-refractivity contribution in [1.82, 2.24) is 23.4 Å². The van der Waals surface area contributed by atoms with E-state index in [4.69, 9.17) is 8.85 Å². The SMILES string of the molecule is [2H]C([2H])([2H])n1c(=O)n([C@@H]2CC[C@@H](NC(=O)OC(C)(C)C)C2)c2c3c(Br)cn(S(=O)(=O)c4ccccc4)c3ncc21. The maximum Gasteiger partial charge on any atom is 0.407 e. The zero-order chi connectivity index (χ0) is 29.2. The number of nitrogens with one attached hydrogen (secondary N) is 1. The van der Waals surface area contributed by atoms with Gasteiger partial charge in [0.2, 0.25) is 0 Å². The second-order valence-corrected chi connectivity index (χ2v) is 12.7. The number of hydrogen-bond acceptors (Lipinski definition) is 6. The van der Waals surface area contributed by atoms with Gasteiger partial charge in [0, 0.05) is 33.8 Å². The van der Waals surface area contributed by atoms with Crippen molar-refractivity contribution in [1.29, 1.82) is 0 Å². The van der Waals surface area contributed by atoms with Crippen molar-refractivity contribution in [2.24, 2.45) is 6.98 Å². The van der Waals surface area contributed by atoms with Crippen molar-refractivity contribution in [3.8, 4) is 0 Å². The Bertz CT molecular complexity index is 1790. The fourth-order valence-electron chi connectivity index (χ4n) is 4.84. The summed E-state index contributed by atoms with van der Waals surface area (Å²) in [6.07, 6.45) is 3.36. The fourth-order valence-corrected chi connectivity index (χ4v) is 6.88. The summed E-state index contributed by atoms with van der Waals surface area (Å²) in [5, 5.41) is 3.12. The minimum Gasteiger partial charge on any atom is -0.444 e. The number of aromatic nitrogens is 4. The molecular formula is C25H28BrN5O5S. The first-order chi connectivity index (χ1) is 18.6. The quantitative estimate of drug-likeness (QED) is 0.377.